The van der Waals surface area contributed by atoms with Crippen LogP contribution in [0.5, 0.6) is 5.75 Å². The van der Waals surface area contributed by atoms with Crippen LogP contribution in [0, 0.1) is 5.92 Å². The van der Waals surface area contributed by atoms with E-state index in [2.05, 4.69) is 29.5 Å². The van der Waals surface area contributed by atoms with Crippen molar-refractivity contribution in [2.45, 2.75) is 31.8 Å². The van der Waals surface area contributed by atoms with Crippen molar-refractivity contribution in [1.82, 2.24) is 10.3 Å². The highest BCUT2D eigenvalue weighted by Gasteiger charge is 2.14. The molecule has 0 aliphatic heterocycles. The number of nitrogens with one attached hydrogen (secondary N) is 1. The molecule has 130 valence electrons. The van der Waals surface area contributed by atoms with E-state index in [1.54, 1.807) is 30.2 Å². The van der Waals surface area contributed by atoms with Gasteiger partial charge in [-0.2, -0.15) is 0 Å². The Morgan fingerprint density at radius 3 is 2.62 bits per heavy atom. The molecule has 6 heteroatoms. The summed E-state index contributed by atoms with van der Waals surface area (Å²) in [4.78, 5) is 16.7. The first kappa shape index (κ1) is 18.8. The molecule has 1 N–H and O–H groups in total. The Labute approximate surface area is 152 Å². The van der Waals surface area contributed by atoms with Crippen molar-refractivity contribution in [3.05, 3.63) is 35.3 Å². The number of hydrogen-bond donors (Lipinski definition) is 1. The minimum atomic E-state index is -0.0742. The highest BCUT2D eigenvalue weighted by molar-refractivity contribution is 7.99. The van der Waals surface area contributed by atoms with Crippen molar-refractivity contribution in [2.75, 3.05) is 13.7 Å². The lowest BCUT2D eigenvalue weighted by Crippen LogP contribution is -2.33. The molecule has 0 spiro atoms. The number of carbonyl (C=O) groups excluding carboxylic acids is 1. The van der Waals surface area contributed by atoms with Gasteiger partial charge in [0.25, 0.3) is 0 Å². The number of amides is 1. The number of thioether (sulfide) groups is 1. The van der Waals surface area contributed by atoms with Gasteiger partial charge in [0.15, 0.2) is 0 Å². The summed E-state index contributed by atoms with van der Waals surface area (Å²) in [5.74, 6) is 2.14. The van der Waals surface area contributed by atoms with Crippen LogP contribution in [0.1, 0.15) is 26.5 Å². The molecule has 1 heterocycles. The molecule has 1 amide bonds. The zero-order chi connectivity index (χ0) is 17.5. The summed E-state index contributed by atoms with van der Waals surface area (Å²) >= 11 is 3.24. The van der Waals surface area contributed by atoms with Crippen LogP contribution in [0.2, 0.25) is 0 Å². The third-order valence-electron chi connectivity index (χ3n) is 3.42. The normalized spacial score (nSPS) is 12.2. The Morgan fingerprint density at radius 1 is 1.29 bits per heavy atom. The molecule has 1 aromatic heterocycles. The zero-order valence-electron chi connectivity index (χ0n) is 14.5. The predicted octanol–water partition coefficient (Wildman–Crippen LogP) is 4.21. The topological polar surface area (TPSA) is 51.2 Å². The van der Waals surface area contributed by atoms with E-state index in [4.69, 9.17) is 4.74 Å². The van der Waals surface area contributed by atoms with Gasteiger partial charge in [-0.05, 0) is 37.1 Å². The Morgan fingerprint density at radius 2 is 2.00 bits per heavy atom. The van der Waals surface area contributed by atoms with Gasteiger partial charge in [-0.25, -0.2) is 4.98 Å². The lowest BCUT2D eigenvalue weighted by atomic mass is 10.2. The number of benzene rings is 1. The van der Waals surface area contributed by atoms with Crippen LogP contribution in [0.25, 0.3) is 10.6 Å². The van der Waals surface area contributed by atoms with Crippen LogP contribution >= 0.6 is 23.1 Å². The molecular weight excluding hydrogens is 340 g/mol. The fraction of sp³-hybridized carbons (Fsp3) is 0.444. The third-order valence-corrected chi connectivity index (χ3v) is 5.54. The summed E-state index contributed by atoms with van der Waals surface area (Å²) in [5.41, 5.74) is 2.10. The van der Waals surface area contributed by atoms with Gasteiger partial charge in [-0.3, -0.25) is 4.79 Å². The SMILES string of the molecule is COc1ccc(-c2nc(CS[C@@H](C)C(=O)NCC(C)C)cs2)cc1. The van der Waals surface area contributed by atoms with Crippen molar-refractivity contribution in [2.24, 2.45) is 5.92 Å². The van der Waals surface area contributed by atoms with Crippen molar-refractivity contribution in [3.8, 4) is 16.3 Å². The Balaban J connectivity index is 1.88. The molecular formula is C18H24N2O2S2. The number of hydrogen-bond acceptors (Lipinski definition) is 5. The predicted molar refractivity (Wildman–Crippen MR) is 103 cm³/mol. The largest absolute Gasteiger partial charge is 0.497 e. The van der Waals surface area contributed by atoms with Gasteiger partial charge < -0.3 is 10.1 Å². The third kappa shape index (κ3) is 5.53. The molecule has 2 rings (SSSR count). The van der Waals surface area contributed by atoms with E-state index < -0.39 is 0 Å². The number of nitrogens with zero attached hydrogens (tertiary/aromatic N) is 1. The summed E-state index contributed by atoms with van der Waals surface area (Å²) < 4.78 is 5.17. The fourth-order valence-electron chi connectivity index (χ4n) is 1.97. The van der Waals surface area contributed by atoms with E-state index in [1.807, 2.05) is 31.2 Å². The Kier molecular flexibility index (Phi) is 7.12. The Hall–Kier alpha value is -1.53. The molecule has 1 aromatic carbocycles. The monoisotopic (exact) mass is 364 g/mol. The number of methoxy groups -OCH3 is 1. The van der Waals surface area contributed by atoms with Crippen LogP contribution in [0.4, 0.5) is 0 Å². The molecule has 0 saturated heterocycles. The van der Waals surface area contributed by atoms with Crippen LogP contribution in [0.15, 0.2) is 29.6 Å². The summed E-state index contributed by atoms with van der Waals surface area (Å²) in [6.07, 6.45) is 0. The van der Waals surface area contributed by atoms with Crippen molar-refractivity contribution >= 4 is 29.0 Å². The van der Waals surface area contributed by atoms with Gasteiger partial charge in [0, 0.05) is 23.2 Å². The smallest absolute Gasteiger partial charge is 0.232 e. The van der Waals surface area contributed by atoms with Crippen LogP contribution in [-0.4, -0.2) is 29.8 Å². The van der Waals surface area contributed by atoms with Gasteiger partial charge >= 0.3 is 0 Å². The first-order valence-corrected chi connectivity index (χ1v) is 9.90. The summed E-state index contributed by atoms with van der Waals surface area (Å²) in [5, 5.41) is 5.95. The second-order valence-corrected chi connectivity index (χ2v) is 8.15. The van der Waals surface area contributed by atoms with Crippen LogP contribution in [-0.2, 0) is 10.5 Å². The molecule has 0 saturated carbocycles. The highest BCUT2D eigenvalue weighted by atomic mass is 32.2. The van der Waals surface area contributed by atoms with E-state index in [1.165, 1.54) is 0 Å². The number of ether oxygens (including phenoxy) is 1. The molecule has 0 aliphatic rings. The number of carbonyl (C=O) groups is 1. The molecule has 2 aromatic rings. The second-order valence-electron chi connectivity index (χ2n) is 5.96. The van der Waals surface area contributed by atoms with Gasteiger partial charge in [0.2, 0.25) is 5.91 Å². The minimum Gasteiger partial charge on any atom is -0.497 e. The summed E-state index contributed by atoms with van der Waals surface area (Å²) in [6, 6.07) is 7.89. The van der Waals surface area contributed by atoms with Gasteiger partial charge in [0.05, 0.1) is 18.1 Å². The van der Waals surface area contributed by atoms with Gasteiger partial charge in [0.1, 0.15) is 10.8 Å². The molecule has 0 radical (unpaired) electrons. The number of rotatable bonds is 8. The number of thiazole rings is 1. The second kappa shape index (κ2) is 9.08. The van der Waals surface area contributed by atoms with E-state index in [0.29, 0.717) is 5.92 Å². The van der Waals surface area contributed by atoms with E-state index >= 15 is 0 Å². The maximum Gasteiger partial charge on any atom is 0.232 e. The van der Waals surface area contributed by atoms with Crippen molar-refractivity contribution in [3.63, 3.8) is 0 Å². The van der Waals surface area contributed by atoms with Gasteiger partial charge in [-0.1, -0.05) is 13.8 Å². The van der Waals surface area contributed by atoms with Gasteiger partial charge in [-0.15, -0.1) is 23.1 Å². The van der Waals surface area contributed by atoms with E-state index in [9.17, 15) is 4.79 Å². The van der Waals surface area contributed by atoms with Crippen molar-refractivity contribution in [1.29, 1.82) is 0 Å². The Bertz CT molecular complexity index is 653. The van der Waals surface area contributed by atoms with Crippen LogP contribution < -0.4 is 10.1 Å². The zero-order valence-corrected chi connectivity index (χ0v) is 16.2. The average molecular weight is 365 g/mol. The maximum absolute atomic E-state index is 12.0. The molecule has 4 nitrogen and oxygen atoms in total. The molecule has 0 bridgehead atoms. The van der Waals surface area contributed by atoms with Crippen LogP contribution in [0.3, 0.4) is 0 Å². The first-order chi connectivity index (χ1) is 11.5. The lowest BCUT2D eigenvalue weighted by molar-refractivity contribution is -0.120. The quantitative estimate of drug-likeness (QED) is 0.762. The maximum atomic E-state index is 12.0. The molecule has 1 atom stereocenters. The van der Waals surface area contributed by atoms with E-state index in [-0.39, 0.29) is 11.2 Å². The molecule has 0 unspecified atom stereocenters. The molecule has 0 fully saturated rings. The lowest BCUT2D eigenvalue weighted by Gasteiger charge is -2.12. The summed E-state index contributed by atoms with van der Waals surface area (Å²) in [6.45, 7) is 6.85. The molecule has 0 aliphatic carbocycles. The van der Waals surface area contributed by atoms with Crippen molar-refractivity contribution < 1.29 is 9.53 Å². The number of aromatic nitrogens is 1. The average Bonchev–Trinajstić information content (AvgIpc) is 3.06. The standard InChI is InChI=1S/C18H24N2O2S2/c1-12(2)9-19-17(21)13(3)23-10-15-11-24-18(20-15)14-5-7-16(22-4)8-6-14/h5-8,11-13H,9-10H2,1-4H3,(H,19,21)/t13-/m0/s1. The first-order valence-electron chi connectivity index (χ1n) is 7.97. The summed E-state index contributed by atoms with van der Waals surface area (Å²) in [7, 11) is 1.66. The fourth-order valence-corrected chi connectivity index (χ4v) is 3.71. The molecule has 24 heavy (non-hydrogen) atoms. The van der Waals surface area contributed by atoms with E-state index in [0.717, 1.165) is 34.3 Å². The minimum absolute atomic E-state index is 0.0742. The highest BCUT2D eigenvalue weighted by Crippen LogP contribution is 2.27.